The van der Waals surface area contributed by atoms with Gasteiger partial charge in [-0.1, -0.05) is 0 Å². The number of carbonyl (C=O) groups is 1. The van der Waals surface area contributed by atoms with Gasteiger partial charge in [0.2, 0.25) is 0 Å². The molecular formula is C6H12N2O2. The van der Waals surface area contributed by atoms with E-state index in [1.165, 1.54) is 7.11 Å². The summed E-state index contributed by atoms with van der Waals surface area (Å²) in [5, 5.41) is 1.64. The van der Waals surface area contributed by atoms with Gasteiger partial charge < -0.3 is 4.74 Å². The second-order valence-electron chi connectivity index (χ2n) is 2.50. The summed E-state index contributed by atoms with van der Waals surface area (Å²) in [7, 11) is 1.40. The molecule has 0 aromatic heterocycles. The van der Waals surface area contributed by atoms with Crippen molar-refractivity contribution < 1.29 is 9.53 Å². The van der Waals surface area contributed by atoms with Crippen LogP contribution in [0.3, 0.4) is 0 Å². The van der Waals surface area contributed by atoms with Gasteiger partial charge in [0.15, 0.2) is 0 Å². The van der Waals surface area contributed by atoms with Gasteiger partial charge in [-0.2, -0.15) is 0 Å². The van der Waals surface area contributed by atoms with Crippen LogP contribution in [0, 0.1) is 5.92 Å². The zero-order valence-electron chi connectivity index (χ0n) is 6.04. The van der Waals surface area contributed by atoms with Gasteiger partial charge in [-0.15, -0.1) is 0 Å². The van der Waals surface area contributed by atoms with E-state index in [0.717, 1.165) is 13.0 Å². The Kier molecular flexibility index (Phi) is 2.24. The molecule has 10 heavy (non-hydrogen) atoms. The molecule has 0 aromatic rings. The van der Waals surface area contributed by atoms with E-state index < -0.39 is 0 Å². The van der Waals surface area contributed by atoms with Crippen LogP contribution < -0.4 is 5.84 Å². The first-order valence-corrected chi connectivity index (χ1v) is 3.31. The summed E-state index contributed by atoms with van der Waals surface area (Å²) in [5.41, 5.74) is 0. The highest BCUT2D eigenvalue weighted by Gasteiger charge is 2.26. The highest BCUT2D eigenvalue weighted by molar-refractivity contribution is 5.72. The maximum atomic E-state index is 10.9. The van der Waals surface area contributed by atoms with Crippen LogP contribution in [-0.2, 0) is 9.53 Å². The number of esters is 1. The fraction of sp³-hybridized carbons (Fsp3) is 0.833. The summed E-state index contributed by atoms with van der Waals surface area (Å²) >= 11 is 0. The van der Waals surface area contributed by atoms with Gasteiger partial charge in [0, 0.05) is 13.1 Å². The second-order valence-corrected chi connectivity index (χ2v) is 2.50. The van der Waals surface area contributed by atoms with Crippen molar-refractivity contribution in [3.8, 4) is 0 Å². The Morgan fingerprint density at radius 3 is 2.90 bits per heavy atom. The van der Waals surface area contributed by atoms with Crippen LogP contribution >= 0.6 is 0 Å². The van der Waals surface area contributed by atoms with Crippen LogP contribution in [0.1, 0.15) is 6.42 Å². The van der Waals surface area contributed by atoms with Crippen molar-refractivity contribution in [2.24, 2.45) is 11.8 Å². The van der Waals surface area contributed by atoms with Crippen molar-refractivity contribution in [3.05, 3.63) is 0 Å². The minimum absolute atomic E-state index is 0.00463. The number of methoxy groups -OCH3 is 1. The molecule has 4 nitrogen and oxygen atoms in total. The molecule has 1 unspecified atom stereocenters. The van der Waals surface area contributed by atoms with Gasteiger partial charge in [-0.05, 0) is 6.42 Å². The smallest absolute Gasteiger partial charge is 0.310 e. The third-order valence-electron chi connectivity index (χ3n) is 1.75. The number of rotatable bonds is 1. The lowest BCUT2D eigenvalue weighted by Crippen LogP contribution is -2.29. The van der Waals surface area contributed by atoms with Crippen molar-refractivity contribution in [1.82, 2.24) is 5.01 Å². The summed E-state index contributed by atoms with van der Waals surface area (Å²) < 4.78 is 4.56. The van der Waals surface area contributed by atoms with E-state index in [2.05, 4.69) is 4.74 Å². The standard InChI is InChI=1S/C6H12N2O2/c1-10-6(9)5-2-3-8(7)4-5/h5H,2-4,7H2,1H3. The SMILES string of the molecule is COC(=O)C1CCN(N)C1. The van der Waals surface area contributed by atoms with Crippen LogP contribution in [0.5, 0.6) is 0 Å². The molecule has 0 aliphatic carbocycles. The number of nitrogens with zero attached hydrogens (tertiary/aromatic N) is 1. The topological polar surface area (TPSA) is 55.6 Å². The minimum atomic E-state index is -0.145. The molecule has 1 aliphatic heterocycles. The van der Waals surface area contributed by atoms with Gasteiger partial charge in [-0.25, -0.2) is 5.01 Å². The lowest BCUT2D eigenvalue weighted by atomic mass is 10.1. The zero-order valence-corrected chi connectivity index (χ0v) is 6.04. The maximum Gasteiger partial charge on any atom is 0.310 e. The lowest BCUT2D eigenvalue weighted by molar-refractivity contribution is -0.144. The molecule has 0 aromatic carbocycles. The van der Waals surface area contributed by atoms with E-state index in [1.54, 1.807) is 5.01 Å². The van der Waals surface area contributed by atoms with Gasteiger partial charge >= 0.3 is 5.97 Å². The highest BCUT2D eigenvalue weighted by Crippen LogP contribution is 2.13. The predicted molar refractivity (Wildman–Crippen MR) is 35.9 cm³/mol. The molecule has 0 radical (unpaired) electrons. The molecule has 1 atom stereocenters. The summed E-state index contributed by atoms with van der Waals surface area (Å²) in [5.74, 6) is 5.29. The van der Waals surface area contributed by atoms with Crippen LogP contribution in [-0.4, -0.2) is 31.2 Å². The van der Waals surface area contributed by atoms with E-state index in [1.807, 2.05) is 0 Å². The summed E-state index contributed by atoms with van der Waals surface area (Å²) in [6.45, 7) is 1.42. The molecule has 1 fully saturated rings. The molecule has 2 N–H and O–H groups in total. The third-order valence-corrected chi connectivity index (χ3v) is 1.75. The molecule has 4 heteroatoms. The molecule has 1 saturated heterocycles. The molecule has 0 saturated carbocycles. The average Bonchev–Trinajstić information content (AvgIpc) is 2.34. The van der Waals surface area contributed by atoms with E-state index in [-0.39, 0.29) is 11.9 Å². The Balaban J connectivity index is 2.37. The summed E-state index contributed by atoms with van der Waals surface area (Å²) in [4.78, 5) is 10.9. The molecular weight excluding hydrogens is 132 g/mol. The zero-order chi connectivity index (χ0) is 7.56. The molecule has 0 bridgehead atoms. The first-order chi connectivity index (χ1) is 4.74. The predicted octanol–water partition coefficient (Wildman–Crippen LogP) is -0.645. The van der Waals surface area contributed by atoms with Gasteiger partial charge in [-0.3, -0.25) is 10.6 Å². The number of nitrogens with two attached hydrogens (primary N) is 1. The highest BCUT2D eigenvalue weighted by atomic mass is 16.5. The average molecular weight is 144 g/mol. The first kappa shape index (κ1) is 7.50. The third kappa shape index (κ3) is 1.46. The minimum Gasteiger partial charge on any atom is -0.469 e. The normalized spacial score (nSPS) is 26.8. The lowest BCUT2D eigenvalue weighted by Gasteiger charge is -2.06. The molecule has 0 spiro atoms. The van der Waals surface area contributed by atoms with Crippen molar-refractivity contribution in [3.63, 3.8) is 0 Å². The fourth-order valence-corrected chi connectivity index (χ4v) is 1.15. The number of hydrazine groups is 1. The Morgan fingerprint density at radius 2 is 2.50 bits per heavy atom. The number of hydrogen-bond acceptors (Lipinski definition) is 4. The number of ether oxygens (including phenoxy) is 1. The molecule has 58 valence electrons. The largest absolute Gasteiger partial charge is 0.469 e. The van der Waals surface area contributed by atoms with E-state index in [4.69, 9.17) is 5.84 Å². The van der Waals surface area contributed by atoms with Crippen molar-refractivity contribution >= 4 is 5.97 Å². The second kappa shape index (κ2) is 2.98. The molecule has 1 aliphatic rings. The quantitative estimate of drug-likeness (QED) is 0.392. The van der Waals surface area contributed by atoms with Crippen molar-refractivity contribution in [2.45, 2.75) is 6.42 Å². The van der Waals surface area contributed by atoms with Crippen molar-refractivity contribution in [1.29, 1.82) is 0 Å². The van der Waals surface area contributed by atoms with Crippen LogP contribution in [0.25, 0.3) is 0 Å². The molecule has 1 rings (SSSR count). The van der Waals surface area contributed by atoms with Crippen LogP contribution in [0.4, 0.5) is 0 Å². The van der Waals surface area contributed by atoms with E-state index in [0.29, 0.717) is 6.54 Å². The number of carbonyl (C=O) groups excluding carboxylic acids is 1. The number of hydrogen-bond donors (Lipinski definition) is 1. The monoisotopic (exact) mass is 144 g/mol. The Hall–Kier alpha value is -0.610. The Bertz CT molecular complexity index is 138. The summed E-state index contributed by atoms with van der Waals surface area (Å²) in [6.07, 6.45) is 0.823. The maximum absolute atomic E-state index is 10.9. The van der Waals surface area contributed by atoms with E-state index >= 15 is 0 Å². The Morgan fingerprint density at radius 1 is 1.80 bits per heavy atom. The van der Waals surface area contributed by atoms with E-state index in [9.17, 15) is 4.79 Å². The molecule has 1 heterocycles. The van der Waals surface area contributed by atoms with Crippen LogP contribution in [0.2, 0.25) is 0 Å². The van der Waals surface area contributed by atoms with Gasteiger partial charge in [0.05, 0.1) is 13.0 Å². The first-order valence-electron chi connectivity index (χ1n) is 3.31. The molecule has 0 amide bonds. The summed E-state index contributed by atoms with van der Waals surface area (Å²) in [6, 6.07) is 0. The fourth-order valence-electron chi connectivity index (χ4n) is 1.15. The van der Waals surface area contributed by atoms with Crippen LogP contribution in [0.15, 0.2) is 0 Å². The Labute approximate surface area is 59.9 Å². The van der Waals surface area contributed by atoms with Gasteiger partial charge in [0.1, 0.15) is 0 Å². The van der Waals surface area contributed by atoms with Crippen molar-refractivity contribution in [2.75, 3.05) is 20.2 Å². The van der Waals surface area contributed by atoms with Gasteiger partial charge in [0.25, 0.3) is 0 Å².